The van der Waals surface area contributed by atoms with Gasteiger partial charge >= 0.3 is 0 Å². The van der Waals surface area contributed by atoms with Gasteiger partial charge in [0.2, 0.25) is 0 Å². The number of aromatic amines is 1. The average molecular weight is 318 g/mol. The highest BCUT2D eigenvalue weighted by atomic mass is 35.5. The van der Waals surface area contributed by atoms with E-state index in [0.29, 0.717) is 5.15 Å². The summed E-state index contributed by atoms with van der Waals surface area (Å²) in [6.07, 6.45) is 1.86. The summed E-state index contributed by atoms with van der Waals surface area (Å²) in [7, 11) is 0. The molecule has 0 fully saturated rings. The molecule has 0 bridgehead atoms. The molecule has 2 heterocycles. The summed E-state index contributed by atoms with van der Waals surface area (Å²) in [4.78, 5) is 12.4. The van der Waals surface area contributed by atoms with Crippen LogP contribution in [0.15, 0.2) is 40.4 Å². The van der Waals surface area contributed by atoms with Crippen molar-refractivity contribution in [2.75, 3.05) is 0 Å². The Morgan fingerprint density at radius 1 is 1.24 bits per heavy atom. The quantitative estimate of drug-likeness (QED) is 0.687. The van der Waals surface area contributed by atoms with Crippen molar-refractivity contribution >= 4 is 34.3 Å². The van der Waals surface area contributed by atoms with E-state index in [0.717, 1.165) is 39.8 Å². The lowest BCUT2D eigenvalue weighted by atomic mass is 10.3. The van der Waals surface area contributed by atoms with Crippen LogP contribution in [0, 0.1) is 6.92 Å². The molecule has 3 aromatic rings. The van der Waals surface area contributed by atoms with Crippen LogP contribution in [0.25, 0.3) is 10.9 Å². The van der Waals surface area contributed by atoms with Gasteiger partial charge in [0.1, 0.15) is 16.0 Å². The van der Waals surface area contributed by atoms with Crippen LogP contribution in [0.2, 0.25) is 5.15 Å². The molecule has 0 atom stereocenters. The lowest BCUT2D eigenvalue weighted by molar-refractivity contribution is 0.801. The van der Waals surface area contributed by atoms with Crippen LogP contribution in [-0.4, -0.2) is 15.0 Å². The first kappa shape index (κ1) is 14.4. The number of rotatable bonds is 4. The van der Waals surface area contributed by atoms with Gasteiger partial charge < -0.3 is 4.98 Å². The first-order valence-corrected chi connectivity index (χ1v) is 8.15. The Kier molecular flexibility index (Phi) is 4.17. The molecule has 0 unspecified atom stereocenters. The van der Waals surface area contributed by atoms with Gasteiger partial charge in [-0.2, -0.15) is 0 Å². The normalized spacial score (nSPS) is 11.2. The summed E-state index contributed by atoms with van der Waals surface area (Å²) in [6, 6.07) is 10.4. The van der Waals surface area contributed by atoms with Gasteiger partial charge in [0.25, 0.3) is 0 Å². The van der Waals surface area contributed by atoms with E-state index in [1.165, 1.54) is 5.39 Å². The number of hydrogen-bond acceptors (Lipinski definition) is 3. The van der Waals surface area contributed by atoms with Gasteiger partial charge in [-0.05, 0) is 25.5 Å². The lowest BCUT2D eigenvalue weighted by Gasteiger charge is -2.07. The van der Waals surface area contributed by atoms with Crippen LogP contribution in [-0.2, 0) is 6.42 Å². The molecule has 0 amide bonds. The van der Waals surface area contributed by atoms with Gasteiger partial charge in [-0.15, -0.1) is 0 Å². The van der Waals surface area contributed by atoms with Crippen LogP contribution >= 0.6 is 23.4 Å². The highest BCUT2D eigenvalue weighted by molar-refractivity contribution is 7.99. The predicted molar refractivity (Wildman–Crippen MR) is 88.2 cm³/mol. The van der Waals surface area contributed by atoms with Crippen LogP contribution in [0.1, 0.15) is 24.7 Å². The maximum absolute atomic E-state index is 6.23. The maximum atomic E-state index is 6.23. The van der Waals surface area contributed by atoms with Gasteiger partial charge in [-0.3, -0.25) is 0 Å². The van der Waals surface area contributed by atoms with Crippen molar-refractivity contribution in [1.29, 1.82) is 0 Å². The Balaban J connectivity index is 1.96. The standard InChI is InChI=1S/C16H16ClN3S/c1-3-6-13-19-15(17)10(2)16(20-13)21-14-9-11-7-4-5-8-12(11)18-14/h4-5,7-9,18H,3,6H2,1-2H3. The van der Waals surface area contributed by atoms with Crippen molar-refractivity contribution in [2.45, 2.75) is 36.7 Å². The summed E-state index contributed by atoms with van der Waals surface area (Å²) in [5.74, 6) is 0.812. The van der Waals surface area contributed by atoms with Gasteiger partial charge in [0, 0.05) is 22.9 Å². The fraction of sp³-hybridized carbons (Fsp3) is 0.250. The predicted octanol–water partition coefficient (Wildman–Crippen LogP) is 5.02. The Hall–Kier alpha value is -1.52. The third kappa shape index (κ3) is 3.06. The molecule has 0 radical (unpaired) electrons. The molecule has 0 saturated heterocycles. The van der Waals surface area contributed by atoms with Crippen LogP contribution < -0.4 is 0 Å². The number of para-hydroxylation sites is 1. The third-order valence-electron chi connectivity index (χ3n) is 3.27. The van der Waals surface area contributed by atoms with E-state index in [1.54, 1.807) is 11.8 Å². The Morgan fingerprint density at radius 3 is 2.81 bits per heavy atom. The molecule has 0 saturated carbocycles. The van der Waals surface area contributed by atoms with Gasteiger partial charge in [-0.25, -0.2) is 9.97 Å². The number of hydrogen-bond donors (Lipinski definition) is 1. The number of nitrogens with one attached hydrogen (secondary N) is 1. The number of nitrogens with zero attached hydrogens (tertiary/aromatic N) is 2. The first-order valence-electron chi connectivity index (χ1n) is 6.96. The van der Waals surface area contributed by atoms with Crippen LogP contribution in [0.4, 0.5) is 0 Å². The summed E-state index contributed by atoms with van der Waals surface area (Å²) < 4.78 is 0. The van der Waals surface area contributed by atoms with E-state index in [1.807, 2.05) is 19.1 Å². The second kappa shape index (κ2) is 6.08. The number of halogens is 1. The molecule has 21 heavy (non-hydrogen) atoms. The Labute approximate surface area is 133 Å². The molecule has 0 aliphatic rings. The number of H-pyrrole nitrogens is 1. The van der Waals surface area contributed by atoms with Crippen LogP contribution in [0.3, 0.4) is 0 Å². The second-order valence-corrected chi connectivity index (χ2v) is 6.32. The van der Waals surface area contributed by atoms with Crippen LogP contribution in [0.5, 0.6) is 0 Å². The molecule has 0 aliphatic carbocycles. The summed E-state index contributed by atoms with van der Waals surface area (Å²) >= 11 is 7.83. The molecule has 108 valence electrons. The van der Waals surface area contributed by atoms with Gasteiger partial charge in [-0.1, -0.05) is 48.5 Å². The highest BCUT2D eigenvalue weighted by Gasteiger charge is 2.12. The van der Waals surface area contributed by atoms with Crippen molar-refractivity contribution in [3.63, 3.8) is 0 Å². The second-order valence-electron chi connectivity index (χ2n) is 4.93. The zero-order valence-electron chi connectivity index (χ0n) is 12.0. The van der Waals surface area contributed by atoms with Crippen molar-refractivity contribution in [1.82, 2.24) is 15.0 Å². The molecular formula is C16H16ClN3S. The van der Waals surface area contributed by atoms with Crippen molar-refractivity contribution in [3.05, 3.63) is 46.9 Å². The molecular weight excluding hydrogens is 302 g/mol. The van der Waals surface area contributed by atoms with E-state index >= 15 is 0 Å². The zero-order valence-corrected chi connectivity index (χ0v) is 13.6. The molecule has 5 heteroatoms. The van der Waals surface area contributed by atoms with E-state index < -0.39 is 0 Å². The number of aryl methyl sites for hydroxylation is 1. The zero-order chi connectivity index (χ0) is 14.8. The lowest BCUT2D eigenvalue weighted by Crippen LogP contribution is -1.99. The fourth-order valence-electron chi connectivity index (χ4n) is 2.15. The molecule has 1 aromatic carbocycles. The molecule has 0 spiro atoms. The molecule has 1 N–H and O–H groups in total. The highest BCUT2D eigenvalue weighted by Crippen LogP contribution is 2.32. The topological polar surface area (TPSA) is 41.6 Å². The van der Waals surface area contributed by atoms with Crippen molar-refractivity contribution in [3.8, 4) is 0 Å². The van der Waals surface area contributed by atoms with Crippen molar-refractivity contribution in [2.24, 2.45) is 0 Å². The minimum absolute atomic E-state index is 0.548. The van der Waals surface area contributed by atoms with Crippen molar-refractivity contribution < 1.29 is 0 Å². The van der Waals surface area contributed by atoms with E-state index in [4.69, 9.17) is 11.6 Å². The largest absolute Gasteiger partial charge is 0.349 e. The molecule has 3 nitrogen and oxygen atoms in total. The average Bonchev–Trinajstić information content (AvgIpc) is 2.87. The fourth-order valence-corrected chi connectivity index (χ4v) is 3.35. The van der Waals surface area contributed by atoms with Gasteiger partial charge in [0.05, 0.1) is 5.03 Å². The number of aromatic nitrogens is 3. The summed E-state index contributed by atoms with van der Waals surface area (Å²) in [6.45, 7) is 4.07. The molecule has 2 aromatic heterocycles. The minimum Gasteiger partial charge on any atom is -0.349 e. The van der Waals surface area contributed by atoms with E-state index in [2.05, 4.69) is 40.1 Å². The molecule has 3 rings (SSSR count). The number of benzene rings is 1. The Morgan fingerprint density at radius 2 is 2.05 bits per heavy atom. The monoisotopic (exact) mass is 317 g/mol. The Bertz CT molecular complexity index is 749. The smallest absolute Gasteiger partial charge is 0.136 e. The van der Waals surface area contributed by atoms with E-state index in [9.17, 15) is 0 Å². The number of fused-ring (bicyclic) bond motifs is 1. The van der Waals surface area contributed by atoms with E-state index in [-0.39, 0.29) is 0 Å². The summed E-state index contributed by atoms with van der Waals surface area (Å²) in [5, 5.41) is 3.74. The minimum atomic E-state index is 0.548. The SMILES string of the molecule is CCCc1nc(Cl)c(C)c(Sc2cc3ccccc3[nH]2)n1. The summed E-state index contributed by atoms with van der Waals surface area (Å²) in [5.41, 5.74) is 2.06. The molecule has 0 aliphatic heterocycles. The first-order chi connectivity index (χ1) is 10.2. The van der Waals surface area contributed by atoms with Gasteiger partial charge in [0.15, 0.2) is 0 Å². The maximum Gasteiger partial charge on any atom is 0.136 e. The third-order valence-corrected chi connectivity index (χ3v) is 4.67.